The molecular weight excluding hydrogens is 286 g/mol. The molecule has 1 rings (SSSR count). The molecule has 0 heterocycles. The Morgan fingerprint density at radius 3 is 2.52 bits per heavy atom. The van der Waals surface area contributed by atoms with Crippen molar-refractivity contribution in [3.8, 4) is 0 Å². The van der Waals surface area contributed by atoms with Crippen molar-refractivity contribution in [3.63, 3.8) is 0 Å². The summed E-state index contributed by atoms with van der Waals surface area (Å²) < 4.78 is 26.2. The summed E-state index contributed by atoms with van der Waals surface area (Å²) in [5.74, 6) is -3.00. The molecule has 3 N–H and O–H groups in total. The maximum absolute atomic E-state index is 13.3. The minimum absolute atomic E-state index is 0.0523. The minimum atomic E-state index is -1.03. The average molecular weight is 300 g/mol. The highest BCUT2D eigenvalue weighted by Crippen LogP contribution is 2.09. The number of benzene rings is 1. The van der Waals surface area contributed by atoms with Crippen molar-refractivity contribution in [2.45, 2.75) is 25.8 Å². The fraction of sp³-hybridized carbons (Fsp3) is 0.308. The topological polar surface area (TPSA) is 95.5 Å². The number of aliphatic carboxylic acids is 1. The van der Waals surface area contributed by atoms with Crippen molar-refractivity contribution < 1.29 is 28.3 Å². The molecule has 0 bridgehead atoms. The molecule has 0 radical (unpaired) electrons. The Bertz CT molecular complexity index is 549. The number of carboxylic acids is 1. The van der Waals surface area contributed by atoms with Gasteiger partial charge in [-0.3, -0.25) is 14.9 Å². The van der Waals surface area contributed by atoms with Crippen molar-refractivity contribution in [3.05, 3.63) is 35.4 Å². The van der Waals surface area contributed by atoms with Crippen LogP contribution in [-0.2, 0) is 16.1 Å². The zero-order valence-electron chi connectivity index (χ0n) is 11.0. The molecule has 0 saturated carbocycles. The van der Waals surface area contributed by atoms with Crippen LogP contribution >= 0.6 is 0 Å². The second-order valence-corrected chi connectivity index (χ2v) is 4.21. The highest BCUT2D eigenvalue weighted by molar-refractivity contribution is 5.94. The number of nitrogens with one attached hydrogen (secondary N) is 2. The largest absolute Gasteiger partial charge is 0.481 e. The lowest BCUT2D eigenvalue weighted by molar-refractivity contribution is -0.137. The van der Waals surface area contributed by atoms with Gasteiger partial charge in [0.2, 0.25) is 5.91 Å². The van der Waals surface area contributed by atoms with E-state index < -0.39 is 29.5 Å². The lowest BCUT2D eigenvalue weighted by Gasteiger charge is -2.07. The van der Waals surface area contributed by atoms with Gasteiger partial charge in [-0.2, -0.15) is 0 Å². The molecule has 1 aromatic rings. The highest BCUT2D eigenvalue weighted by Gasteiger charge is 2.10. The first kappa shape index (κ1) is 16.5. The van der Waals surface area contributed by atoms with E-state index in [9.17, 15) is 23.2 Å². The Labute approximate surface area is 119 Å². The van der Waals surface area contributed by atoms with Gasteiger partial charge in [-0.1, -0.05) is 0 Å². The van der Waals surface area contributed by atoms with Crippen LogP contribution in [-0.4, -0.2) is 23.0 Å². The zero-order valence-corrected chi connectivity index (χ0v) is 11.0. The van der Waals surface area contributed by atoms with Gasteiger partial charge in [-0.05, 0) is 24.6 Å². The average Bonchev–Trinajstić information content (AvgIpc) is 2.39. The Kier molecular flexibility index (Phi) is 6.25. The predicted octanol–water partition coefficient (Wildman–Crippen LogP) is 1.55. The summed E-state index contributed by atoms with van der Waals surface area (Å²) in [4.78, 5) is 32.9. The van der Waals surface area contributed by atoms with Gasteiger partial charge in [0.25, 0.3) is 0 Å². The van der Waals surface area contributed by atoms with Crippen LogP contribution in [0.15, 0.2) is 18.2 Å². The van der Waals surface area contributed by atoms with Crippen molar-refractivity contribution in [1.29, 1.82) is 0 Å². The third-order valence-electron chi connectivity index (χ3n) is 2.49. The van der Waals surface area contributed by atoms with Crippen molar-refractivity contribution >= 4 is 17.9 Å². The van der Waals surface area contributed by atoms with Crippen LogP contribution in [0.3, 0.4) is 0 Å². The minimum Gasteiger partial charge on any atom is -0.481 e. The predicted molar refractivity (Wildman–Crippen MR) is 68.2 cm³/mol. The normalized spacial score (nSPS) is 10.0. The van der Waals surface area contributed by atoms with Gasteiger partial charge in [0.15, 0.2) is 0 Å². The van der Waals surface area contributed by atoms with E-state index in [2.05, 4.69) is 5.32 Å². The summed E-state index contributed by atoms with van der Waals surface area (Å²) in [6, 6.07) is 1.95. The molecule has 3 amide bonds. The Morgan fingerprint density at radius 2 is 1.86 bits per heavy atom. The number of hydrogen-bond donors (Lipinski definition) is 3. The Morgan fingerprint density at radius 1 is 1.14 bits per heavy atom. The maximum atomic E-state index is 13.3. The van der Waals surface area contributed by atoms with Gasteiger partial charge >= 0.3 is 12.0 Å². The summed E-state index contributed by atoms with van der Waals surface area (Å²) in [6.07, 6.45) is -0.190. The van der Waals surface area contributed by atoms with Crippen LogP contribution in [0.2, 0.25) is 0 Å². The number of imide groups is 1. The molecule has 0 aliphatic rings. The molecule has 21 heavy (non-hydrogen) atoms. The van der Waals surface area contributed by atoms with E-state index in [-0.39, 0.29) is 31.4 Å². The molecule has 0 unspecified atom stereocenters. The molecule has 0 aromatic heterocycles. The molecular formula is C13H14F2N2O4. The molecule has 8 heteroatoms. The molecule has 0 fully saturated rings. The molecule has 0 saturated heterocycles. The highest BCUT2D eigenvalue weighted by atomic mass is 19.1. The summed E-state index contributed by atoms with van der Waals surface area (Å²) in [6.45, 7) is -0.280. The zero-order chi connectivity index (χ0) is 15.8. The quantitative estimate of drug-likeness (QED) is 0.742. The second-order valence-electron chi connectivity index (χ2n) is 4.21. The fourth-order valence-electron chi connectivity index (χ4n) is 1.49. The van der Waals surface area contributed by atoms with Gasteiger partial charge in [-0.15, -0.1) is 0 Å². The second kappa shape index (κ2) is 7.93. The lowest BCUT2D eigenvalue weighted by atomic mass is 10.2. The number of urea groups is 1. The Hall–Kier alpha value is -2.51. The first-order chi connectivity index (χ1) is 9.88. The van der Waals surface area contributed by atoms with Crippen molar-refractivity contribution in [2.24, 2.45) is 0 Å². The number of carbonyl (C=O) groups is 3. The first-order valence-corrected chi connectivity index (χ1v) is 6.12. The molecule has 0 spiro atoms. The number of halogens is 2. The van der Waals surface area contributed by atoms with E-state index in [0.717, 1.165) is 18.2 Å². The van der Waals surface area contributed by atoms with Crippen molar-refractivity contribution in [1.82, 2.24) is 10.6 Å². The standard InChI is InChI=1S/C13H14F2N2O4/c14-9-4-5-10(15)8(6-9)7-16-13(21)17-11(18)2-1-3-12(19)20/h4-6H,1-3,7H2,(H,19,20)(H2,16,17,18,21). The van der Waals surface area contributed by atoms with Gasteiger partial charge in [0, 0.05) is 24.9 Å². The first-order valence-electron chi connectivity index (χ1n) is 6.12. The number of carbonyl (C=O) groups excluding carboxylic acids is 2. The summed E-state index contributed by atoms with van der Waals surface area (Å²) in [7, 11) is 0. The molecule has 0 atom stereocenters. The monoisotopic (exact) mass is 300 g/mol. The number of hydrogen-bond acceptors (Lipinski definition) is 3. The van der Waals surface area contributed by atoms with E-state index in [0.29, 0.717) is 0 Å². The summed E-state index contributed by atoms with van der Waals surface area (Å²) in [5, 5.41) is 12.6. The van der Waals surface area contributed by atoms with E-state index in [1.165, 1.54) is 0 Å². The fourth-order valence-corrected chi connectivity index (χ4v) is 1.49. The van der Waals surface area contributed by atoms with Crippen molar-refractivity contribution in [2.75, 3.05) is 0 Å². The third-order valence-corrected chi connectivity index (χ3v) is 2.49. The van der Waals surface area contributed by atoms with Crippen LogP contribution in [0, 0.1) is 11.6 Å². The number of amides is 3. The number of rotatable bonds is 6. The summed E-state index contributed by atoms with van der Waals surface area (Å²) >= 11 is 0. The molecule has 1 aromatic carbocycles. The van der Waals surface area contributed by atoms with Gasteiger partial charge in [0.05, 0.1) is 0 Å². The SMILES string of the molecule is O=C(O)CCCC(=O)NC(=O)NCc1cc(F)ccc1F. The molecule has 0 aliphatic heterocycles. The van der Waals surface area contributed by atoms with E-state index in [4.69, 9.17) is 5.11 Å². The van der Waals surface area contributed by atoms with Crippen LogP contribution in [0.4, 0.5) is 13.6 Å². The van der Waals surface area contributed by atoms with E-state index in [1.54, 1.807) is 0 Å². The lowest BCUT2D eigenvalue weighted by Crippen LogP contribution is -2.39. The maximum Gasteiger partial charge on any atom is 0.321 e. The molecule has 114 valence electrons. The molecule has 0 aliphatic carbocycles. The third kappa shape index (κ3) is 6.46. The van der Waals surface area contributed by atoms with Crippen LogP contribution < -0.4 is 10.6 Å². The van der Waals surface area contributed by atoms with Gasteiger partial charge in [-0.25, -0.2) is 13.6 Å². The van der Waals surface area contributed by atoms with E-state index in [1.807, 2.05) is 5.32 Å². The van der Waals surface area contributed by atoms with Gasteiger partial charge in [0.1, 0.15) is 11.6 Å². The number of carboxylic acid groups (broad SMARTS) is 1. The van der Waals surface area contributed by atoms with Gasteiger partial charge < -0.3 is 10.4 Å². The summed E-state index contributed by atoms with van der Waals surface area (Å²) in [5.41, 5.74) is -0.0523. The van der Waals surface area contributed by atoms with Crippen LogP contribution in [0.1, 0.15) is 24.8 Å². The Balaban J connectivity index is 2.35. The van der Waals surface area contributed by atoms with E-state index >= 15 is 0 Å². The van der Waals surface area contributed by atoms with Crippen LogP contribution in [0.25, 0.3) is 0 Å². The van der Waals surface area contributed by atoms with Crippen LogP contribution in [0.5, 0.6) is 0 Å². The smallest absolute Gasteiger partial charge is 0.321 e. The molecule has 6 nitrogen and oxygen atoms in total.